The highest BCUT2D eigenvalue weighted by molar-refractivity contribution is 5.37. The monoisotopic (exact) mass is 258 g/mol. The van der Waals surface area contributed by atoms with Gasteiger partial charge >= 0.3 is 0 Å². The lowest BCUT2D eigenvalue weighted by Gasteiger charge is -2.43. The summed E-state index contributed by atoms with van der Waals surface area (Å²) < 4.78 is 0. The molecule has 1 aliphatic heterocycles. The van der Waals surface area contributed by atoms with E-state index in [1.807, 2.05) is 0 Å². The minimum Gasteiger partial charge on any atom is -0.329 e. The maximum Gasteiger partial charge on any atom is 0.0357 e. The number of hydrogen-bond donors (Lipinski definition) is 1. The van der Waals surface area contributed by atoms with Crippen LogP contribution in [0.3, 0.4) is 0 Å². The largest absolute Gasteiger partial charge is 0.329 e. The number of likely N-dealkylation sites (tertiary alicyclic amines) is 1. The molecule has 3 atom stereocenters. The van der Waals surface area contributed by atoms with Crippen molar-refractivity contribution in [2.45, 2.75) is 51.6 Å². The lowest BCUT2D eigenvalue weighted by Crippen LogP contribution is -2.49. The zero-order chi connectivity index (χ0) is 13.4. The molecule has 0 radical (unpaired) electrons. The minimum absolute atomic E-state index is 0.574. The predicted octanol–water partition coefficient (Wildman–Crippen LogP) is 3.04. The van der Waals surface area contributed by atoms with E-state index in [1.54, 1.807) is 11.1 Å². The first-order valence-corrected chi connectivity index (χ1v) is 7.76. The van der Waals surface area contributed by atoms with E-state index in [0.29, 0.717) is 12.1 Å². The highest BCUT2D eigenvalue weighted by Crippen LogP contribution is 2.40. The molecule has 1 saturated heterocycles. The van der Waals surface area contributed by atoms with Crippen LogP contribution in [0.4, 0.5) is 0 Å². The number of benzene rings is 1. The fraction of sp³-hybridized carbons (Fsp3) is 0.647. The topological polar surface area (TPSA) is 29.3 Å². The number of rotatable bonds is 2. The van der Waals surface area contributed by atoms with Gasteiger partial charge in [-0.15, -0.1) is 0 Å². The Bertz CT molecular complexity index is 455. The molecule has 3 rings (SSSR count). The Morgan fingerprint density at radius 2 is 2.16 bits per heavy atom. The maximum atomic E-state index is 6.06. The highest BCUT2D eigenvalue weighted by atomic mass is 15.2. The van der Waals surface area contributed by atoms with Crippen molar-refractivity contribution in [3.05, 3.63) is 34.9 Å². The molecule has 0 saturated carbocycles. The minimum atomic E-state index is 0.574. The van der Waals surface area contributed by atoms with Gasteiger partial charge in [-0.1, -0.05) is 30.7 Å². The fourth-order valence-electron chi connectivity index (χ4n) is 4.08. The molecule has 0 bridgehead atoms. The van der Waals surface area contributed by atoms with Crippen LogP contribution >= 0.6 is 0 Å². The SMILES string of the molecule is Cc1ccc2c(c1)C(N1CCCC(C)C1CN)CC2. The standard InChI is InChI=1S/C17H26N2/c1-12-5-6-14-7-8-16(15(14)10-12)19-9-3-4-13(2)17(19)11-18/h5-6,10,13,16-17H,3-4,7-9,11,18H2,1-2H3. The van der Waals surface area contributed by atoms with Gasteiger partial charge in [0.05, 0.1) is 0 Å². The molecule has 3 unspecified atom stereocenters. The first kappa shape index (κ1) is 13.1. The summed E-state index contributed by atoms with van der Waals surface area (Å²) in [5, 5.41) is 0. The van der Waals surface area contributed by atoms with E-state index >= 15 is 0 Å². The van der Waals surface area contributed by atoms with Crippen molar-refractivity contribution in [1.82, 2.24) is 4.90 Å². The Morgan fingerprint density at radius 3 is 2.95 bits per heavy atom. The van der Waals surface area contributed by atoms with Crippen LogP contribution in [0.2, 0.25) is 0 Å². The van der Waals surface area contributed by atoms with Crippen molar-refractivity contribution in [3.8, 4) is 0 Å². The average Bonchev–Trinajstić information content (AvgIpc) is 2.81. The third-order valence-corrected chi connectivity index (χ3v) is 5.15. The Morgan fingerprint density at radius 1 is 1.32 bits per heavy atom. The van der Waals surface area contributed by atoms with Crippen LogP contribution in [0, 0.1) is 12.8 Å². The molecule has 2 aliphatic rings. The molecule has 0 spiro atoms. The second-order valence-electron chi connectivity index (χ2n) is 6.42. The van der Waals surface area contributed by atoms with Gasteiger partial charge in [-0.3, -0.25) is 4.90 Å². The average molecular weight is 258 g/mol. The Hall–Kier alpha value is -0.860. The second-order valence-corrected chi connectivity index (χ2v) is 6.42. The van der Waals surface area contributed by atoms with Gasteiger partial charge in [-0.05, 0) is 56.2 Å². The summed E-state index contributed by atoms with van der Waals surface area (Å²) in [6.45, 7) is 6.60. The quantitative estimate of drug-likeness (QED) is 0.883. The third-order valence-electron chi connectivity index (χ3n) is 5.15. The van der Waals surface area contributed by atoms with Gasteiger partial charge in [0.25, 0.3) is 0 Å². The summed E-state index contributed by atoms with van der Waals surface area (Å²) in [5.41, 5.74) is 10.6. The van der Waals surface area contributed by atoms with Gasteiger partial charge in [-0.25, -0.2) is 0 Å². The van der Waals surface area contributed by atoms with Crippen molar-refractivity contribution in [3.63, 3.8) is 0 Å². The van der Waals surface area contributed by atoms with Gasteiger partial charge < -0.3 is 5.73 Å². The molecule has 19 heavy (non-hydrogen) atoms. The first-order chi connectivity index (χ1) is 9.20. The van der Waals surface area contributed by atoms with Crippen molar-refractivity contribution < 1.29 is 0 Å². The maximum absolute atomic E-state index is 6.06. The van der Waals surface area contributed by atoms with Crippen LogP contribution in [0.25, 0.3) is 0 Å². The molecule has 2 nitrogen and oxygen atoms in total. The van der Waals surface area contributed by atoms with Crippen molar-refractivity contribution in [2.24, 2.45) is 11.7 Å². The molecule has 0 amide bonds. The molecular weight excluding hydrogens is 232 g/mol. The van der Waals surface area contributed by atoms with Crippen LogP contribution in [0.5, 0.6) is 0 Å². The number of fused-ring (bicyclic) bond motifs is 1. The number of hydrogen-bond acceptors (Lipinski definition) is 2. The van der Waals surface area contributed by atoms with Gasteiger partial charge in [0.1, 0.15) is 0 Å². The smallest absolute Gasteiger partial charge is 0.0357 e. The normalized spacial score (nSPS) is 31.4. The number of nitrogens with two attached hydrogens (primary N) is 1. The molecule has 2 N–H and O–H groups in total. The summed E-state index contributed by atoms with van der Waals surface area (Å²) in [7, 11) is 0. The fourth-order valence-corrected chi connectivity index (χ4v) is 4.08. The zero-order valence-electron chi connectivity index (χ0n) is 12.2. The molecule has 2 heteroatoms. The Balaban J connectivity index is 1.89. The summed E-state index contributed by atoms with van der Waals surface area (Å²) in [5.74, 6) is 0.743. The Labute approximate surface area is 117 Å². The van der Waals surface area contributed by atoms with E-state index in [0.717, 1.165) is 12.5 Å². The number of piperidine rings is 1. The summed E-state index contributed by atoms with van der Waals surface area (Å²) >= 11 is 0. The van der Waals surface area contributed by atoms with Gasteiger partial charge in [-0.2, -0.15) is 0 Å². The molecule has 1 aliphatic carbocycles. The van der Waals surface area contributed by atoms with Crippen LogP contribution in [-0.2, 0) is 6.42 Å². The van der Waals surface area contributed by atoms with Crippen LogP contribution in [0.1, 0.15) is 48.9 Å². The van der Waals surface area contributed by atoms with E-state index in [2.05, 4.69) is 36.9 Å². The lowest BCUT2D eigenvalue weighted by atomic mass is 9.88. The third kappa shape index (κ3) is 2.32. The number of aryl methyl sites for hydroxylation is 2. The van der Waals surface area contributed by atoms with E-state index in [9.17, 15) is 0 Å². The van der Waals surface area contributed by atoms with E-state index in [-0.39, 0.29) is 0 Å². The molecule has 1 aromatic carbocycles. The first-order valence-electron chi connectivity index (χ1n) is 7.76. The highest BCUT2D eigenvalue weighted by Gasteiger charge is 2.35. The summed E-state index contributed by atoms with van der Waals surface area (Å²) in [6.07, 6.45) is 5.19. The molecular formula is C17H26N2. The molecule has 104 valence electrons. The van der Waals surface area contributed by atoms with Crippen LogP contribution in [-0.4, -0.2) is 24.0 Å². The van der Waals surface area contributed by atoms with Crippen molar-refractivity contribution >= 4 is 0 Å². The predicted molar refractivity (Wildman–Crippen MR) is 80.2 cm³/mol. The molecule has 1 heterocycles. The number of nitrogens with zero attached hydrogens (tertiary/aromatic N) is 1. The van der Waals surface area contributed by atoms with Crippen molar-refractivity contribution in [1.29, 1.82) is 0 Å². The molecule has 1 fully saturated rings. The van der Waals surface area contributed by atoms with E-state index < -0.39 is 0 Å². The zero-order valence-corrected chi connectivity index (χ0v) is 12.2. The van der Waals surface area contributed by atoms with Gasteiger partial charge in [0.15, 0.2) is 0 Å². The Kier molecular flexibility index (Phi) is 3.64. The second kappa shape index (κ2) is 5.26. The molecule has 0 aromatic heterocycles. The van der Waals surface area contributed by atoms with Gasteiger partial charge in [0.2, 0.25) is 0 Å². The lowest BCUT2D eigenvalue weighted by molar-refractivity contribution is 0.0620. The van der Waals surface area contributed by atoms with Crippen LogP contribution in [0.15, 0.2) is 18.2 Å². The van der Waals surface area contributed by atoms with Gasteiger partial charge in [0, 0.05) is 18.6 Å². The summed E-state index contributed by atoms with van der Waals surface area (Å²) in [6, 6.07) is 8.17. The van der Waals surface area contributed by atoms with Crippen molar-refractivity contribution in [2.75, 3.05) is 13.1 Å². The van der Waals surface area contributed by atoms with Crippen LogP contribution < -0.4 is 5.73 Å². The van der Waals surface area contributed by atoms with E-state index in [1.165, 1.54) is 37.8 Å². The summed E-state index contributed by atoms with van der Waals surface area (Å²) in [4.78, 5) is 2.71. The molecule has 1 aromatic rings. The van der Waals surface area contributed by atoms with E-state index in [4.69, 9.17) is 5.73 Å².